The van der Waals surface area contributed by atoms with Crippen molar-refractivity contribution >= 4 is 5.82 Å². The van der Waals surface area contributed by atoms with Crippen molar-refractivity contribution in [2.45, 2.75) is 45.6 Å². The Balaban J connectivity index is 2.19. The van der Waals surface area contributed by atoms with Crippen LogP contribution < -0.4 is 5.73 Å². The number of nitrogen functional groups attached to an aromatic ring is 1. The van der Waals surface area contributed by atoms with Crippen molar-refractivity contribution in [1.82, 2.24) is 9.78 Å². The number of rotatable bonds is 2. The summed E-state index contributed by atoms with van der Waals surface area (Å²) in [4.78, 5) is 0. The largest absolute Gasteiger partial charge is 0.384 e. The highest BCUT2D eigenvalue weighted by Crippen LogP contribution is 2.32. The molecule has 78 valence electrons. The number of nitrogens with zero attached hydrogens (tertiary/aromatic N) is 2. The third kappa shape index (κ3) is 1.91. The number of hydrogen-bond acceptors (Lipinski definition) is 2. The number of hydrogen-bond donors (Lipinski definition) is 1. The van der Waals surface area contributed by atoms with Gasteiger partial charge in [0.15, 0.2) is 0 Å². The van der Waals surface area contributed by atoms with E-state index in [9.17, 15) is 0 Å². The lowest BCUT2D eigenvalue weighted by atomic mass is 9.92. The summed E-state index contributed by atoms with van der Waals surface area (Å²) in [6.45, 7) is 7.49. The quantitative estimate of drug-likeness (QED) is 0.782. The van der Waals surface area contributed by atoms with Crippen LogP contribution >= 0.6 is 0 Å². The standard InChI is InChI=1S/C11H19N3/c1-11(2,3)9-6-10(12)14(13-9)7-8-4-5-8/h6,8H,4-5,7,12H2,1-3H3. The van der Waals surface area contributed by atoms with Gasteiger partial charge in [0.1, 0.15) is 5.82 Å². The summed E-state index contributed by atoms with van der Waals surface area (Å²) in [5.74, 6) is 1.63. The van der Waals surface area contributed by atoms with Crippen molar-refractivity contribution in [1.29, 1.82) is 0 Å². The second-order valence-corrected chi connectivity index (χ2v) is 5.33. The van der Waals surface area contributed by atoms with Crippen LogP contribution in [0.2, 0.25) is 0 Å². The zero-order valence-corrected chi connectivity index (χ0v) is 9.25. The van der Waals surface area contributed by atoms with Gasteiger partial charge in [-0.05, 0) is 18.8 Å². The summed E-state index contributed by atoms with van der Waals surface area (Å²) < 4.78 is 1.96. The fraction of sp³-hybridized carbons (Fsp3) is 0.727. The molecule has 1 heterocycles. The third-order valence-electron chi connectivity index (χ3n) is 2.71. The Morgan fingerprint density at radius 1 is 1.50 bits per heavy atom. The van der Waals surface area contributed by atoms with E-state index in [1.54, 1.807) is 0 Å². The predicted octanol–water partition coefficient (Wildman–Crippen LogP) is 2.17. The maximum atomic E-state index is 5.91. The van der Waals surface area contributed by atoms with E-state index in [0.29, 0.717) is 0 Å². The molecule has 0 aliphatic heterocycles. The Kier molecular flexibility index (Phi) is 2.05. The van der Waals surface area contributed by atoms with Gasteiger partial charge in [-0.2, -0.15) is 5.10 Å². The molecule has 0 atom stereocenters. The van der Waals surface area contributed by atoms with E-state index in [1.165, 1.54) is 12.8 Å². The molecular formula is C11H19N3. The number of nitrogens with two attached hydrogens (primary N) is 1. The van der Waals surface area contributed by atoms with Gasteiger partial charge in [0.05, 0.1) is 5.69 Å². The smallest absolute Gasteiger partial charge is 0.121 e. The maximum Gasteiger partial charge on any atom is 0.121 e. The van der Waals surface area contributed by atoms with Crippen molar-refractivity contribution < 1.29 is 0 Å². The lowest BCUT2D eigenvalue weighted by Gasteiger charge is -2.14. The van der Waals surface area contributed by atoms with Gasteiger partial charge in [0.25, 0.3) is 0 Å². The lowest BCUT2D eigenvalue weighted by molar-refractivity contribution is 0.517. The van der Waals surface area contributed by atoms with Gasteiger partial charge >= 0.3 is 0 Å². The van der Waals surface area contributed by atoms with Gasteiger partial charge in [0.2, 0.25) is 0 Å². The van der Waals surface area contributed by atoms with Crippen LogP contribution in [0.15, 0.2) is 6.07 Å². The molecular weight excluding hydrogens is 174 g/mol. The molecule has 1 aliphatic rings. The highest BCUT2D eigenvalue weighted by molar-refractivity contribution is 5.33. The Bertz CT molecular complexity index is 329. The van der Waals surface area contributed by atoms with Crippen LogP contribution in [0.25, 0.3) is 0 Å². The van der Waals surface area contributed by atoms with Crippen molar-refractivity contribution in [3.05, 3.63) is 11.8 Å². The second kappa shape index (κ2) is 3.01. The molecule has 0 radical (unpaired) electrons. The van der Waals surface area contributed by atoms with Crippen LogP contribution in [0.3, 0.4) is 0 Å². The molecule has 2 rings (SSSR count). The highest BCUT2D eigenvalue weighted by Gasteiger charge is 2.25. The minimum Gasteiger partial charge on any atom is -0.384 e. The van der Waals surface area contributed by atoms with Gasteiger partial charge in [0, 0.05) is 18.0 Å². The molecule has 0 unspecified atom stereocenters. The lowest BCUT2D eigenvalue weighted by Crippen LogP contribution is -2.13. The summed E-state index contributed by atoms with van der Waals surface area (Å²) in [6.07, 6.45) is 2.67. The average Bonchev–Trinajstić information content (AvgIpc) is 2.76. The van der Waals surface area contributed by atoms with Crippen molar-refractivity contribution in [3.63, 3.8) is 0 Å². The Hall–Kier alpha value is -0.990. The summed E-state index contributed by atoms with van der Waals surface area (Å²) in [5.41, 5.74) is 7.11. The molecule has 0 spiro atoms. The van der Waals surface area contributed by atoms with Crippen LogP contribution in [0.4, 0.5) is 5.82 Å². The Morgan fingerprint density at radius 3 is 2.57 bits per heavy atom. The first-order valence-corrected chi connectivity index (χ1v) is 5.30. The summed E-state index contributed by atoms with van der Waals surface area (Å²) in [6, 6.07) is 2.00. The fourth-order valence-electron chi connectivity index (χ4n) is 1.49. The minimum atomic E-state index is 0.100. The normalized spacial score (nSPS) is 17.4. The molecule has 1 saturated carbocycles. The van der Waals surface area contributed by atoms with Gasteiger partial charge < -0.3 is 5.73 Å². The van der Waals surface area contributed by atoms with E-state index >= 15 is 0 Å². The summed E-state index contributed by atoms with van der Waals surface area (Å²) in [7, 11) is 0. The van der Waals surface area contributed by atoms with E-state index < -0.39 is 0 Å². The third-order valence-corrected chi connectivity index (χ3v) is 2.71. The van der Waals surface area contributed by atoms with Gasteiger partial charge in [-0.1, -0.05) is 20.8 Å². The first-order chi connectivity index (χ1) is 6.47. The zero-order chi connectivity index (χ0) is 10.3. The van der Waals surface area contributed by atoms with Crippen LogP contribution in [-0.4, -0.2) is 9.78 Å². The van der Waals surface area contributed by atoms with Crippen molar-refractivity contribution in [3.8, 4) is 0 Å². The molecule has 0 amide bonds. The predicted molar refractivity (Wildman–Crippen MR) is 58.1 cm³/mol. The van der Waals surface area contributed by atoms with E-state index in [1.807, 2.05) is 10.7 Å². The Morgan fingerprint density at radius 2 is 2.14 bits per heavy atom. The molecule has 0 aromatic carbocycles. The monoisotopic (exact) mass is 193 g/mol. The fourth-order valence-corrected chi connectivity index (χ4v) is 1.49. The zero-order valence-electron chi connectivity index (χ0n) is 9.25. The molecule has 3 nitrogen and oxygen atoms in total. The Labute approximate surface area is 85.3 Å². The van der Waals surface area contributed by atoms with Crippen LogP contribution in [0, 0.1) is 5.92 Å². The molecule has 0 saturated heterocycles. The van der Waals surface area contributed by atoms with Crippen molar-refractivity contribution in [2.24, 2.45) is 5.92 Å². The van der Waals surface area contributed by atoms with Crippen LogP contribution in [0.1, 0.15) is 39.3 Å². The molecule has 1 aromatic heterocycles. The van der Waals surface area contributed by atoms with E-state index in [-0.39, 0.29) is 5.41 Å². The minimum absolute atomic E-state index is 0.100. The molecule has 2 N–H and O–H groups in total. The van der Waals surface area contributed by atoms with E-state index in [2.05, 4.69) is 25.9 Å². The summed E-state index contributed by atoms with van der Waals surface area (Å²) >= 11 is 0. The molecule has 1 aliphatic carbocycles. The highest BCUT2D eigenvalue weighted by atomic mass is 15.3. The van der Waals surface area contributed by atoms with Gasteiger partial charge in [-0.3, -0.25) is 0 Å². The first kappa shape index (κ1) is 9.56. The van der Waals surface area contributed by atoms with E-state index in [0.717, 1.165) is 24.0 Å². The molecule has 14 heavy (non-hydrogen) atoms. The van der Waals surface area contributed by atoms with Crippen LogP contribution in [0.5, 0.6) is 0 Å². The van der Waals surface area contributed by atoms with Crippen molar-refractivity contribution in [2.75, 3.05) is 5.73 Å². The number of anilines is 1. The molecule has 0 bridgehead atoms. The van der Waals surface area contributed by atoms with E-state index in [4.69, 9.17) is 5.73 Å². The van der Waals surface area contributed by atoms with Crippen LogP contribution in [-0.2, 0) is 12.0 Å². The maximum absolute atomic E-state index is 5.91. The van der Waals surface area contributed by atoms with Gasteiger partial charge in [-0.15, -0.1) is 0 Å². The molecule has 1 aromatic rings. The SMILES string of the molecule is CC(C)(C)c1cc(N)n(CC2CC2)n1. The molecule has 3 heteroatoms. The molecule has 1 fully saturated rings. The average molecular weight is 193 g/mol. The topological polar surface area (TPSA) is 43.8 Å². The number of aromatic nitrogens is 2. The first-order valence-electron chi connectivity index (χ1n) is 5.30. The summed E-state index contributed by atoms with van der Waals surface area (Å²) in [5, 5.41) is 4.55. The second-order valence-electron chi connectivity index (χ2n) is 5.33. The van der Waals surface area contributed by atoms with Gasteiger partial charge in [-0.25, -0.2) is 4.68 Å².